The van der Waals surface area contributed by atoms with E-state index < -0.39 is 0 Å². The largest absolute Gasteiger partial charge is 0.352 e. The van der Waals surface area contributed by atoms with Crippen LogP contribution in [0.4, 0.5) is 0 Å². The molecule has 3 atom stereocenters. The van der Waals surface area contributed by atoms with Gasteiger partial charge in [0.1, 0.15) is 0 Å². The fraction of sp³-hybridized carbons (Fsp3) is 0.917. The number of rotatable bonds is 6. The zero-order valence-electron chi connectivity index (χ0n) is 10.4. The summed E-state index contributed by atoms with van der Waals surface area (Å²) in [5, 5.41) is 3.78. The molecule has 0 heterocycles. The SMILES string of the molecule is CCSC1CCCC1NC(=O)CCC(C)N. The standard InChI is InChI=1S/C12H24N2OS/c1-3-16-11-6-4-5-10(11)14-12(15)8-7-9(2)13/h9-11H,3-8,13H2,1-2H3,(H,14,15). The summed E-state index contributed by atoms with van der Waals surface area (Å²) in [6.07, 6.45) is 4.98. The highest BCUT2D eigenvalue weighted by atomic mass is 32.2. The molecule has 1 fully saturated rings. The minimum absolute atomic E-state index is 0.121. The van der Waals surface area contributed by atoms with Gasteiger partial charge in [0.25, 0.3) is 0 Å². The molecule has 1 amide bonds. The van der Waals surface area contributed by atoms with Crippen molar-refractivity contribution in [3.63, 3.8) is 0 Å². The summed E-state index contributed by atoms with van der Waals surface area (Å²) in [6, 6.07) is 0.515. The van der Waals surface area contributed by atoms with Crippen LogP contribution in [0.3, 0.4) is 0 Å². The number of thioether (sulfide) groups is 1. The van der Waals surface area contributed by atoms with Gasteiger partial charge < -0.3 is 11.1 Å². The van der Waals surface area contributed by atoms with Crippen molar-refractivity contribution in [2.45, 2.75) is 63.3 Å². The predicted molar refractivity (Wildman–Crippen MR) is 70.6 cm³/mol. The van der Waals surface area contributed by atoms with Gasteiger partial charge in [0.2, 0.25) is 5.91 Å². The highest BCUT2D eigenvalue weighted by Gasteiger charge is 2.28. The molecule has 1 saturated carbocycles. The molecule has 3 unspecified atom stereocenters. The Balaban J connectivity index is 2.26. The average Bonchev–Trinajstić information content (AvgIpc) is 2.63. The highest BCUT2D eigenvalue weighted by Crippen LogP contribution is 2.29. The number of nitrogens with two attached hydrogens (primary N) is 1. The van der Waals surface area contributed by atoms with E-state index in [1.807, 2.05) is 18.7 Å². The van der Waals surface area contributed by atoms with Gasteiger partial charge in [-0.25, -0.2) is 0 Å². The fourth-order valence-electron chi connectivity index (χ4n) is 2.14. The topological polar surface area (TPSA) is 55.1 Å². The Labute approximate surface area is 103 Å². The second kappa shape index (κ2) is 7.17. The summed E-state index contributed by atoms with van der Waals surface area (Å²) in [5.41, 5.74) is 5.64. The second-order valence-corrected chi connectivity index (χ2v) is 6.13. The maximum absolute atomic E-state index is 11.7. The Morgan fingerprint density at radius 2 is 2.31 bits per heavy atom. The van der Waals surface area contributed by atoms with Crippen LogP contribution >= 0.6 is 11.8 Å². The van der Waals surface area contributed by atoms with Crippen molar-refractivity contribution in [3.05, 3.63) is 0 Å². The molecule has 0 aliphatic heterocycles. The zero-order chi connectivity index (χ0) is 12.0. The van der Waals surface area contributed by atoms with Crippen LogP contribution in [0.5, 0.6) is 0 Å². The molecule has 0 radical (unpaired) electrons. The van der Waals surface area contributed by atoms with E-state index in [4.69, 9.17) is 5.73 Å². The zero-order valence-corrected chi connectivity index (χ0v) is 11.2. The lowest BCUT2D eigenvalue weighted by Gasteiger charge is -2.20. The molecule has 1 rings (SSSR count). The van der Waals surface area contributed by atoms with Gasteiger partial charge in [-0.2, -0.15) is 11.8 Å². The van der Waals surface area contributed by atoms with Crippen molar-refractivity contribution in [1.82, 2.24) is 5.32 Å². The number of carbonyl (C=O) groups excluding carboxylic acids is 1. The van der Waals surface area contributed by atoms with Gasteiger partial charge in [-0.1, -0.05) is 13.3 Å². The van der Waals surface area contributed by atoms with Gasteiger partial charge >= 0.3 is 0 Å². The van der Waals surface area contributed by atoms with Crippen LogP contribution in [-0.4, -0.2) is 29.0 Å². The molecule has 3 N–H and O–H groups in total. The molecular weight excluding hydrogens is 220 g/mol. The number of nitrogens with one attached hydrogen (secondary N) is 1. The lowest BCUT2D eigenvalue weighted by Crippen LogP contribution is -2.39. The van der Waals surface area contributed by atoms with E-state index in [1.165, 1.54) is 12.8 Å². The number of hydrogen-bond acceptors (Lipinski definition) is 3. The van der Waals surface area contributed by atoms with E-state index in [2.05, 4.69) is 12.2 Å². The summed E-state index contributed by atoms with van der Waals surface area (Å²) in [5.74, 6) is 1.31. The van der Waals surface area contributed by atoms with Gasteiger partial charge in [0, 0.05) is 23.8 Å². The van der Waals surface area contributed by atoms with E-state index in [0.717, 1.165) is 18.6 Å². The van der Waals surface area contributed by atoms with Crippen molar-refractivity contribution in [2.24, 2.45) is 5.73 Å². The molecular formula is C12H24N2OS. The Hall–Kier alpha value is -0.220. The van der Waals surface area contributed by atoms with Crippen molar-refractivity contribution in [3.8, 4) is 0 Å². The minimum atomic E-state index is 0.121. The molecule has 0 spiro atoms. The molecule has 0 aromatic heterocycles. The summed E-state index contributed by atoms with van der Waals surface area (Å²) < 4.78 is 0. The Kier molecular flexibility index (Phi) is 6.21. The number of amides is 1. The molecule has 1 aliphatic rings. The third-order valence-corrected chi connectivity index (χ3v) is 4.33. The highest BCUT2D eigenvalue weighted by molar-refractivity contribution is 7.99. The monoisotopic (exact) mass is 244 g/mol. The smallest absolute Gasteiger partial charge is 0.220 e. The molecule has 94 valence electrons. The van der Waals surface area contributed by atoms with Gasteiger partial charge in [-0.15, -0.1) is 0 Å². The van der Waals surface area contributed by atoms with Crippen LogP contribution in [0.1, 0.15) is 46.0 Å². The van der Waals surface area contributed by atoms with Crippen molar-refractivity contribution >= 4 is 17.7 Å². The molecule has 1 aliphatic carbocycles. The van der Waals surface area contributed by atoms with E-state index in [0.29, 0.717) is 17.7 Å². The third kappa shape index (κ3) is 4.74. The van der Waals surface area contributed by atoms with Crippen LogP contribution in [0.2, 0.25) is 0 Å². The van der Waals surface area contributed by atoms with Gasteiger partial charge in [-0.3, -0.25) is 4.79 Å². The Bertz CT molecular complexity index is 221. The van der Waals surface area contributed by atoms with Crippen LogP contribution in [0, 0.1) is 0 Å². The van der Waals surface area contributed by atoms with Gasteiger partial charge in [-0.05, 0) is 31.9 Å². The fourth-order valence-corrected chi connectivity index (χ4v) is 3.34. The molecule has 3 nitrogen and oxygen atoms in total. The first-order chi connectivity index (χ1) is 7.63. The average molecular weight is 244 g/mol. The molecule has 0 bridgehead atoms. The van der Waals surface area contributed by atoms with E-state index in [-0.39, 0.29) is 11.9 Å². The molecule has 0 aromatic rings. The van der Waals surface area contributed by atoms with Gasteiger partial charge in [0.05, 0.1) is 0 Å². The minimum Gasteiger partial charge on any atom is -0.352 e. The predicted octanol–water partition coefficient (Wildman–Crippen LogP) is 1.90. The summed E-state index contributed by atoms with van der Waals surface area (Å²) in [6.45, 7) is 4.12. The molecule has 16 heavy (non-hydrogen) atoms. The normalized spacial score (nSPS) is 26.7. The molecule has 4 heteroatoms. The first kappa shape index (κ1) is 13.8. The van der Waals surface area contributed by atoms with E-state index >= 15 is 0 Å². The summed E-state index contributed by atoms with van der Waals surface area (Å²) in [4.78, 5) is 11.7. The van der Waals surface area contributed by atoms with Crippen molar-refractivity contribution in [2.75, 3.05) is 5.75 Å². The van der Waals surface area contributed by atoms with Crippen LogP contribution in [0.25, 0.3) is 0 Å². The van der Waals surface area contributed by atoms with E-state index in [9.17, 15) is 4.79 Å². The number of hydrogen-bond donors (Lipinski definition) is 2. The second-order valence-electron chi connectivity index (χ2n) is 4.61. The Morgan fingerprint density at radius 3 is 2.94 bits per heavy atom. The lowest BCUT2D eigenvalue weighted by atomic mass is 10.1. The first-order valence-electron chi connectivity index (χ1n) is 6.30. The summed E-state index contributed by atoms with van der Waals surface area (Å²) in [7, 11) is 0. The maximum Gasteiger partial charge on any atom is 0.220 e. The van der Waals surface area contributed by atoms with Crippen LogP contribution < -0.4 is 11.1 Å². The van der Waals surface area contributed by atoms with Crippen molar-refractivity contribution < 1.29 is 4.79 Å². The molecule has 0 saturated heterocycles. The maximum atomic E-state index is 11.7. The third-order valence-electron chi connectivity index (χ3n) is 3.01. The first-order valence-corrected chi connectivity index (χ1v) is 7.35. The number of carbonyl (C=O) groups is 1. The Morgan fingerprint density at radius 1 is 1.56 bits per heavy atom. The molecule has 0 aromatic carbocycles. The van der Waals surface area contributed by atoms with Crippen molar-refractivity contribution in [1.29, 1.82) is 0 Å². The van der Waals surface area contributed by atoms with Crippen LogP contribution in [0.15, 0.2) is 0 Å². The summed E-state index contributed by atoms with van der Waals surface area (Å²) >= 11 is 1.97. The van der Waals surface area contributed by atoms with E-state index in [1.54, 1.807) is 0 Å². The van der Waals surface area contributed by atoms with Gasteiger partial charge in [0.15, 0.2) is 0 Å². The quantitative estimate of drug-likeness (QED) is 0.750. The van der Waals surface area contributed by atoms with Crippen LogP contribution in [-0.2, 0) is 4.79 Å². The lowest BCUT2D eigenvalue weighted by molar-refractivity contribution is -0.121.